The van der Waals surface area contributed by atoms with Crippen LogP contribution in [0.25, 0.3) is 0 Å². The number of benzene rings is 2. The quantitative estimate of drug-likeness (QED) is 0.921. The average Bonchev–Trinajstić information content (AvgIpc) is 3.03. The molecule has 3 rings (SSSR count). The van der Waals surface area contributed by atoms with Crippen LogP contribution in [0.2, 0.25) is 0 Å². The Kier molecular flexibility index (Phi) is 4.93. The lowest BCUT2D eigenvalue weighted by Gasteiger charge is -2.27. The number of rotatable bonds is 5. The van der Waals surface area contributed by atoms with Crippen LogP contribution in [0.1, 0.15) is 12.0 Å². The largest absolute Gasteiger partial charge is 0.391 e. The summed E-state index contributed by atoms with van der Waals surface area (Å²) in [5.74, 6) is 0.0707. The molecular weight excluding hydrogens is 288 g/mol. The molecule has 1 heterocycles. The summed E-state index contributed by atoms with van der Waals surface area (Å²) in [5.41, 5.74) is 2.20. The molecule has 1 amide bonds. The van der Waals surface area contributed by atoms with E-state index in [0.29, 0.717) is 32.6 Å². The van der Waals surface area contributed by atoms with Gasteiger partial charge in [0.1, 0.15) is 0 Å². The minimum absolute atomic E-state index is 0.0707. The Bertz CT molecular complexity index is 630. The number of anilines is 1. The highest BCUT2D eigenvalue weighted by Crippen LogP contribution is 2.18. The molecule has 1 atom stereocenters. The molecule has 1 aliphatic rings. The van der Waals surface area contributed by atoms with E-state index in [-0.39, 0.29) is 12.0 Å². The summed E-state index contributed by atoms with van der Waals surface area (Å²) in [4.78, 5) is 16.4. The van der Waals surface area contributed by atoms with E-state index in [0.717, 1.165) is 5.69 Å². The van der Waals surface area contributed by atoms with Gasteiger partial charge in [-0.2, -0.15) is 0 Å². The van der Waals surface area contributed by atoms with Gasteiger partial charge in [0.15, 0.2) is 0 Å². The number of carbonyl (C=O) groups is 1. The zero-order chi connectivity index (χ0) is 16.1. The number of carbonyl (C=O) groups excluding carboxylic acids is 1. The zero-order valence-electron chi connectivity index (χ0n) is 13.1. The fourth-order valence-electron chi connectivity index (χ4n) is 2.91. The van der Waals surface area contributed by atoms with Crippen molar-refractivity contribution in [3.63, 3.8) is 0 Å². The molecule has 1 fully saturated rings. The van der Waals surface area contributed by atoms with Gasteiger partial charge in [0, 0.05) is 25.3 Å². The Morgan fingerprint density at radius 2 is 1.74 bits per heavy atom. The highest BCUT2D eigenvalue weighted by atomic mass is 16.3. The maximum Gasteiger partial charge on any atom is 0.242 e. The van der Waals surface area contributed by atoms with Gasteiger partial charge in [-0.25, -0.2) is 0 Å². The zero-order valence-corrected chi connectivity index (χ0v) is 13.1. The van der Waals surface area contributed by atoms with E-state index in [1.807, 2.05) is 48.5 Å². The molecule has 1 N–H and O–H groups in total. The van der Waals surface area contributed by atoms with Gasteiger partial charge >= 0.3 is 0 Å². The molecule has 0 radical (unpaired) electrons. The van der Waals surface area contributed by atoms with Crippen molar-refractivity contribution in [2.75, 3.05) is 24.5 Å². The fraction of sp³-hybridized carbons (Fsp3) is 0.316. The third-order valence-corrected chi connectivity index (χ3v) is 4.18. The smallest absolute Gasteiger partial charge is 0.242 e. The molecule has 2 aromatic carbocycles. The van der Waals surface area contributed by atoms with Crippen molar-refractivity contribution in [2.45, 2.75) is 19.1 Å². The van der Waals surface area contributed by atoms with Crippen molar-refractivity contribution in [1.82, 2.24) is 4.90 Å². The molecule has 1 aliphatic heterocycles. The number of hydrogen-bond acceptors (Lipinski definition) is 3. The summed E-state index contributed by atoms with van der Waals surface area (Å²) in [6.07, 6.45) is 0.300. The standard InChI is InChI=1S/C19H22N2O2/c22-18-11-12-20(14-18)19(23)15-21(17-9-5-2-6-10-17)13-16-7-3-1-4-8-16/h1-10,18,22H,11-15H2/t18-/m1/s1. The first-order valence-electron chi connectivity index (χ1n) is 8.02. The first-order valence-corrected chi connectivity index (χ1v) is 8.02. The van der Waals surface area contributed by atoms with Gasteiger partial charge < -0.3 is 14.9 Å². The Morgan fingerprint density at radius 3 is 2.35 bits per heavy atom. The number of β-amino-alcohol motifs (C(OH)–C–C–N with tert-alkyl or cyclic N) is 1. The molecule has 23 heavy (non-hydrogen) atoms. The molecule has 0 aliphatic carbocycles. The van der Waals surface area contributed by atoms with E-state index >= 15 is 0 Å². The first-order chi connectivity index (χ1) is 11.2. The Balaban J connectivity index is 1.74. The maximum absolute atomic E-state index is 12.5. The van der Waals surface area contributed by atoms with Crippen molar-refractivity contribution in [3.05, 3.63) is 66.2 Å². The Hall–Kier alpha value is -2.33. The van der Waals surface area contributed by atoms with Gasteiger partial charge in [0.25, 0.3) is 0 Å². The second kappa shape index (κ2) is 7.29. The van der Waals surface area contributed by atoms with Crippen LogP contribution in [0.15, 0.2) is 60.7 Å². The predicted octanol–water partition coefficient (Wildman–Crippen LogP) is 2.29. The Labute approximate surface area is 137 Å². The van der Waals surface area contributed by atoms with E-state index in [4.69, 9.17) is 0 Å². The lowest BCUT2D eigenvalue weighted by atomic mass is 10.2. The van der Waals surface area contributed by atoms with Crippen LogP contribution in [-0.4, -0.2) is 41.7 Å². The summed E-state index contributed by atoms with van der Waals surface area (Å²) in [7, 11) is 0. The van der Waals surface area contributed by atoms with Crippen molar-refractivity contribution in [3.8, 4) is 0 Å². The van der Waals surface area contributed by atoms with Crippen LogP contribution in [0.4, 0.5) is 5.69 Å². The normalized spacial score (nSPS) is 17.3. The predicted molar refractivity (Wildman–Crippen MR) is 91.1 cm³/mol. The molecule has 0 unspecified atom stereocenters. The fourth-order valence-corrected chi connectivity index (χ4v) is 2.91. The van der Waals surface area contributed by atoms with Crippen LogP contribution in [-0.2, 0) is 11.3 Å². The van der Waals surface area contributed by atoms with E-state index in [1.54, 1.807) is 4.90 Å². The van der Waals surface area contributed by atoms with E-state index < -0.39 is 0 Å². The number of likely N-dealkylation sites (tertiary alicyclic amines) is 1. The maximum atomic E-state index is 12.5. The summed E-state index contributed by atoms with van der Waals surface area (Å²) in [5, 5.41) is 9.63. The number of aliphatic hydroxyl groups excluding tert-OH is 1. The number of para-hydroxylation sites is 1. The lowest BCUT2D eigenvalue weighted by Crippen LogP contribution is -2.39. The van der Waals surface area contributed by atoms with E-state index in [1.165, 1.54) is 5.56 Å². The molecular formula is C19H22N2O2. The minimum atomic E-state index is -0.377. The molecule has 0 spiro atoms. The number of hydrogen-bond donors (Lipinski definition) is 1. The summed E-state index contributed by atoms with van der Waals surface area (Å²) in [6, 6.07) is 20.1. The highest BCUT2D eigenvalue weighted by molar-refractivity contribution is 5.81. The van der Waals surface area contributed by atoms with Crippen LogP contribution < -0.4 is 4.90 Å². The number of nitrogens with zero attached hydrogens (tertiary/aromatic N) is 2. The van der Waals surface area contributed by atoms with Crippen molar-refractivity contribution >= 4 is 11.6 Å². The first kappa shape index (κ1) is 15.6. The highest BCUT2D eigenvalue weighted by Gasteiger charge is 2.25. The van der Waals surface area contributed by atoms with Gasteiger partial charge in [-0.3, -0.25) is 4.79 Å². The summed E-state index contributed by atoms with van der Waals surface area (Å²) < 4.78 is 0. The van der Waals surface area contributed by atoms with Gasteiger partial charge in [0.05, 0.1) is 12.6 Å². The average molecular weight is 310 g/mol. The van der Waals surface area contributed by atoms with Crippen LogP contribution in [0, 0.1) is 0 Å². The molecule has 4 heteroatoms. The molecule has 2 aromatic rings. The number of aliphatic hydroxyl groups is 1. The Morgan fingerprint density at radius 1 is 1.09 bits per heavy atom. The number of amides is 1. The van der Waals surface area contributed by atoms with Gasteiger partial charge in [-0.15, -0.1) is 0 Å². The van der Waals surface area contributed by atoms with Crippen molar-refractivity contribution in [2.24, 2.45) is 0 Å². The second-order valence-electron chi connectivity index (χ2n) is 5.96. The molecule has 1 saturated heterocycles. The van der Waals surface area contributed by atoms with Gasteiger partial charge in [-0.1, -0.05) is 48.5 Å². The SMILES string of the molecule is O=C(CN(Cc1ccccc1)c1ccccc1)N1CC[C@@H](O)C1. The summed E-state index contributed by atoms with van der Waals surface area (Å²) >= 11 is 0. The van der Waals surface area contributed by atoms with Crippen molar-refractivity contribution < 1.29 is 9.90 Å². The topological polar surface area (TPSA) is 43.8 Å². The molecule has 0 bridgehead atoms. The lowest BCUT2D eigenvalue weighted by molar-refractivity contribution is -0.129. The molecule has 0 saturated carbocycles. The van der Waals surface area contributed by atoms with E-state index in [9.17, 15) is 9.90 Å². The molecule has 4 nitrogen and oxygen atoms in total. The second-order valence-corrected chi connectivity index (χ2v) is 5.96. The van der Waals surface area contributed by atoms with Crippen LogP contribution in [0.5, 0.6) is 0 Å². The van der Waals surface area contributed by atoms with Gasteiger partial charge in [0.2, 0.25) is 5.91 Å². The van der Waals surface area contributed by atoms with Crippen LogP contribution >= 0.6 is 0 Å². The van der Waals surface area contributed by atoms with E-state index in [2.05, 4.69) is 17.0 Å². The molecule has 0 aromatic heterocycles. The summed E-state index contributed by atoms with van der Waals surface area (Å²) in [6.45, 7) is 2.11. The van der Waals surface area contributed by atoms with Crippen molar-refractivity contribution in [1.29, 1.82) is 0 Å². The minimum Gasteiger partial charge on any atom is -0.391 e. The molecule has 120 valence electrons. The van der Waals surface area contributed by atoms with Gasteiger partial charge in [-0.05, 0) is 24.1 Å². The third-order valence-electron chi connectivity index (χ3n) is 4.18. The monoisotopic (exact) mass is 310 g/mol. The van der Waals surface area contributed by atoms with Crippen LogP contribution in [0.3, 0.4) is 0 Å². The third kappa shape index (κ3) is 4.11.